The van der Waals surface area contributed by atoms with Gasteiger partial charge in [-0.3, -0.25) is 9.78 Å². The normalized spacial score (nSPS) is 16.5. The first kappa shape index (κ1) is 11.8. The average molecular weight is 257 g/mol. The van der Waals surface area contributed by atoms with E-state index in [1.54, 1.807) is 18.6 Å². The molecule has 1 saturated heterocycles. The highest BCUT2D eigenvalue weighted by Crippen LogP contribution is 2.25. The number of hydrogen-bond acceptors (Lipinski definition) is 4. The second-order valence-corrected chi connectivity index (χ2v) is 4.63. The molecule has 6 heteroatoms. The fraction of sp³-hybridized carbons (Fsp3) is 0.385. The Morgan fingerprint density at radius 1 is 1.21 bits per heavy atom. The summed E-state index contributed by atoms with van der Waals surface area (Å²) in [7, 11) is 0. The van der Waals surface area contributed by atoms with Gasteiger partial charge in [-0.2, -0.15) is 0 Å². The molecule has 0 aliphatic carbocycles. The number of aromatic nitrogens is 4. The Labute approximate surface area is 110 Å². The lowest BCUT2D eigenvalue weighted by atomic mass is 9.96. The molecule has 1 amide bonds. The predicted molar refractivity (Wildman–Crippen MR) is 68.5 cm³/mol. The van der Waals surface area contributed by atoms with Gasteiger partial charge in [0.1, 0.15) is 11.5 Å². The maximum atomic E-state index is 12.2. The van der Waals surface area contributed by atoms with Gasteiger partial charge in [-0.25, -0.2) is 9.97 Å². The van der Waals surface area contributed by atoms with E-state index in [2.05, 4.69) is 19.9 Å². The van der Waals surface area contributed by atoms with E-state index >= 15 is 0 Å². The number of carbonyl (C=O) groups excluding carboxylic acids is 1. The van der Waals surface area contributed by atoms with Crippen molar-refractivity contribution < 1.29 is 4.79 Å². The Kier molecular flexibility index (Phi) is 3.22. The summed E-state index contributed by atoms with van der Waals surface area (Å²) < 4.78 is 0. The zero-order valence-electron chi connectivity index (χ0n) is 10.5. The molecule has 3 rings (SSSR count). The zero-order chi connectivity index (χ0) is 13.1. The highest BCUT2D eigenvalue weighted by molar-refractivity contribution is 5.92. The molecule has 1 aliphatic heterocycles. The molecular weight excluding hydrogens is 242 g/mol. The van der Waals surface area contributed by atoms with E-state index < -0.39 is 0 Å². The van der Waals surface area contributed by atoms with Crippen LogP contribution in [0.5, 0.6) is 0 Å². The van der Waals surface area contributed by atoms with Crippen molar-refractivity contribution in [1.29, 1.82) is 0 Å². The molecule has 1 fully saturated rings. The minimum Gasteiger partial charge on any atom is -0.348 e. The predicted octanol–water partition coefficient (Wildman–Crippen LogP) is 1.22. The van der Waals surface area contributed by atoms with Gasteiger partial charge in [0.15, 0.2) is 0 Å². The van der Waals surface area contributed by atoms with Crippen LogP contribution in [0, 0.1) is 0 Å². The van der Waals surface area contributed by atoms with Gasteiger partial charge in [-0.1, -0.05) is 0 Å². The first-order valence-electron chi connectivity index (χ1n) is 6.39. The molecular formula is C13H15N5O. The number of aromatic amines is 1. The van der Waals surface area contributed by atoms with E-state index in [4.69, 9.17) is 0 Å². The summed E-state index contributed by atoms with van der Waals surface area (Å²) in [6.45, 7) is 1.47. The van der Waals surface area contributed by atoms with Crippen LogP contribution in [0.4, 0.5) is 0 Å². The van der Waals surface area contributed by atoms with Crippen molar-refractivity contribution in [2.45, 2.75) is 18.8 Å². The van der Waals surface area contributed by atoms with E-state index in [9.17, 15) is 4.79 Å². The number of H-pyrrole nitrogens is 1. The standard InChI is InChI=1S/C13H15N5O/c19-13(11-9-14-3-4-15-11)18-7-1-10(2-8-18)12-16-5-6-17-12/h3-6,9-10H,1-2,7-8H2,(H,16,17). The summed E-state index contributed by atoms with van der Waals surface area (Å²) in [6.07, 6.45) is 10.1. The van der Waals surface area contributed by atoms with Gasteiger partial charge in [0.05, 0.1) is 6.20 Å². The van der Waals surface area contributed by atoms with Gasteiger partial charge in [0.2, 0.25) is 0 Å². The minimum atomic E-state index is -0.0361. The fourth-order valence-corrected chi connectivity index (χ4v) is 2.43. The van der Waals surface area contributed by atoms with E-state index in [1.165, 1.54) is 6.20 Å². The highest BCUT2D eigenvalue weighted by Gasteiger charge is 2.26. The molecule has 0 aromatic carbocycles. The van der Waals surface area contributed by atoms with Crippen molar-refractivity contribution >= 4 is 5.91 Å². The van der Waals surface area contributed by atoms with E-state index in [0.29, 0.717) is 11.6 Å². The monoisotopic (exact) mass is 257 g/mol. The molecule has 6 nitrogen and oxygen atoms in total. The van der Waals surface area contributed by atoms with Gasteiger partial charge in [0.25, 0.3) is 5.91 Å². The van der Waals surface area contributed by atoms with Crippen molar-refractivity contribution in [3.05, 3.63) is 42.5 Å². The van der Waals surface area contributed by atoms with Gasteiger partial charge >= 0.3 is 0 Å². The summed E-state index contributed by atoms with van der Waals surface area (Å²) in [4.78, 5) is 29.4. The molecule has 2 aromatic heterocycles. The fourth-order valence-electron chi connectivity index (χ4n) is 2.43. The summed E-state index contributed by atoms with van der Waals surface area (Å²) >= 11 is 0. The Morgan fingerprint density at radius 2 is 2.05 bits per heavy atom. The molecule has 2 aromatic rings. The van der Waals surface area contributed by atoms with Crippen molar-refractivity contribution in [2.24, 2.45) is 0 Å². The third kappa shape index (κ3) is 2.47. The number of carbonyl (C=O) groups is 1. The SMILES string of the molecule is O=C(c1cnccn1)N1CCC(c2ncc[nH]2)CC1. The Bertz CT molecular complexity index is 531. The Morgan fingerprint density at radius 3 is 2.68 bits per heavy atom. The molecule has 3 heterocycles. The minimum absolute atomic E-state index is 0.0361. The van der Waals surface area contributed by atoms with Crippen molar-refractivity contribution in [1.82, 2.24) is 24.8 Å². The zero-order valence-corrected chi connectivity index (χ0v) is 10.5. The number of amides is 1. The van der Waals surface area contributed by atoms with Crippen LogP contribution in [-0.2, 0) is 0 Å². The van der Waals surface area contributed by atoms with Crippen molar-refractivity contribution in [3.63, 3.8) is 0 Å². The second kappa shape index (κ2) is 5.17. The number of hydrogen-bond donors (Lipinski definition) is 1. The van der Waals surface area contributed by atoms with Crippen LogP contribution < -0.4 is 0 Å². The van der Waals surface area contributed by atoms with E-state index in [1.807, 2.05) is 11.1 Å². The van der Waals surface area contributed by atoms with Gasteiger partial charge in [-0.05, 0) is 12.8 Å². The number of imidazole rings is 1. The van der Waals surface area contributed by atoms with Gasteiger partial charge in [0, 0.05) is 43.8 Å². The summed E-state index contributed by atoms with van der Waals surface area (Å²) in [5.74, 6) is 1.40. The van der Waals surface area contributed by atoms with Crippen LogP contribution in [0.25, 0.3) is 0 Å². The quantitative estimate of drug-likeness (QED) is 0.877. The third-order valence-electron chi connectivity index (χ3n) is 3.47. The molecule has 19 heavy (non-hydrogen) atoms. The molecule has 1 N–H and O–H groups in total. The summed E-state index contributed by atoms with van der Waals surface area (Å²) in [5, 5.41) is 0. The lowest BCUT2D eigenvalue weighted by Crippen LogP contribution is -2.38. The van der Waals surface area contributed by atoms with Crippen molar-refractivity contribution in [3.8, 4) is 0 Å². The Balaban J connectivity index is 1.63. The maximum Gasteiger partial charge on any atom is 0.274 e. The summed E-state index contributed by atoms with van der Waals surface area (Å²) in [6, 6.07) is 0. The molecule has 0 unspecified atom stereocenters. The molecule has 0 bridgehead atoms. The van der Waals surface area contributed by atoms with Gasteiger partial charge < -0.3 is 9.88 Å². The van der Waals surface area contributed by atoms with Crippen LogP contribution in [0.3, 0.4) is 0 Å². The second-order valence-electron chi connectivity index (χ2n) is 4.63. The van der Waals surface area contributed by atoms with E-state index in [-0.39, 0.29) is 5.91 Å². The number of nitrogens with one attached hydrogen (secondary N) is 1. The third-order valence-corrected chi connectivity index (χ3v) is 3.47. The van der Waals surface area contributed by atoms with Crippen LogP contribution in [0.15, 0.2) is 31.0 Å². The molecule has 0 saturated carbocycles. The van der Waals surface area contributed by atoms with Crippen LogP contribution in [-0.4, -0.2) is 43.8 Å². The molecule has 1 aliphatic rings. The molecule has 98 valence electrons. The average Bonchev–Trinajstić information content (AvgIpc) is 3.02. The lowest BCUT2D eigenvalue weighted by molar-refractivity contribution is 0.0705. The number of rotatable bonds is 2. The van der Waals surface area contributed by atoms with Crippen LogP contribution in [0.1, 0.15) is 35.1 Å². The number of piperidine rings is 1. The first-order chi connectivity index (χ1) is 9.34. The number of likely N-dealkylation sites (tertiary alicyclic amines) is 1. The Hall–Kier alpha value is -2.24. The smallest absolute Gasteiger partial charge is 0.274 e. The van der Waals surface area contributed by atoms with Crippen LogP contribution in [0.2, 0.25) is 0 Å². The van der Waals surface area contributed by atoms with Gasteiger partial charge in [-0.15, -0.1) is 0 Å². The summed E-state index contributed by atoms with van der Waals surface area (Å²) in [5.41, 5.74) is 0.416. The topological polar surface area (TPSA) is 74.8 Å². The largest absolute Gasteiger partial charge is 0.348 e. The van der Waals surface area contributed by atoms with Crippen LogP contribution >= 0.6 is 0 Å². The van der Waals surface area contributed by atoms with E-state index in [0.717, 1.165) is 31.8 Å². The lowest BCUT2D eigenvalue weighted by Gasteiger charge is -2.30. The number of nitrogens with zero attached hydrogens (tertiary/aromatic N) is 4. The highest BCUT2D eigenvalue weighted by atomic mass is 16.2. The molecule has 0 spiro atoms. The molecule has 0 radical (unpaired) electrons. The van der Waals surface area contributed by atoms with Crippen molar-refractivity contribution in [2.75, 3.05) is 13.1 Å². The maximum absolute atomic E-state index is 12.2. The molecule has 0 atom stereocenters. The first-order valence-corrected chi connectivity index (χ1v) is 6.39.